The van der Waals surface area contributed by atoms with Crippen LogP contribution in [0.2, 0.25) is 0 Å². The third-order valence-corrected chi connectivity index (χ3v) is 6.28. The van der Waals surface area contributed by atoms with E-state index in [1.807, 2.05) is 38.2 Å². The number of carbonyl (C=O) groups is 3. The van der Waals surface area contributed by atoms with Gasteiger partial charge in [-0.15, -0.1) is 0 Å². The van der Waals surface area contributed by atoms with Gasteiger partial charge in [-0.05, 0) is 105 Å². The van der Waals surface area contributed by atoms with Crippen LogP contribution in [0.15, 0.2) is 54.6 Å². The highest BCUT2D eigenvalue weighted by molar-refractivity contribution is 6.07. The standard InChI is InChI=1S/C35H44O7/c1-11-13-15-25-29(39-9)26(16-14-12-2)31(42-33(38)35(6,7)8)27(30(25)40-10)21-22-28(36)23-17-19-24(20-18-23)41-32(37)34(3,4)5/h11-14,17-22H,15-16H2,1-10H3. The summed E-state index contributed by atoms with van der Waals surface area (Å²) in [6.07, 6.45) is 11.7. The van der Waals surface area contributed by atoms with Crippen molar-refractivity contribution in [3.05, 3.63) is 76.9 Å². The molecule has 2 rings (SSSR count). The predicted molar refractivity (Wildman–Crippen MR) is 167 cm³/mol. The molecule has 0 unspecified atom stereocenters. The number of hydrogen-bond donors (Lipinski definition) is 0. The first-order chi connectivity index (χ1) is 19.7. The molecule has 2 aromatic carbocycles. The molecular formula is C35H44O7. The van der Waals surface area contributed by atoms with E-state index in [0.717, 1.165) is 5.56 Å². The Morgan fingerprint density at radius 1 is 0.690 bits per heavy atom. The first kappa shape index (κ1) is 34.1. The highest BCUT2D eigenvalue weighted by atomic mass is 16.5. The minimum absolute atomic E-state index is 0.277. The number of ether oxygens (including phenoxy) is 4. The van der Waals surface area contributed by atoms with Gasteiger partial charge in [0.15, 0.2) is 5.78 Å². The van der Waals surface area contributed by atoms with Crippen molar-refractivity contribution in [1.29, 1.82) is 0 Å². The van der Waals surface area contributed by atoms with E-state index in [2.05, 4.69) is 0 Å². The molecule has 7 nitrogen and oxygen atoms in total. The van der Waals surface area contributed by atoms with Gasteiger partial charge in [0.2, 0.25) is 0 Å². The molecule has 0 saturated carbocycles. The second kappa shape index (κ2) is 14.7. The molecule has 42 heavy (non-hydrogen) atoms. The Kier molecular flexibility index (Phi) is 11.9. The molecule has 0 saturated heterocycles. The van der Waals surface area contributed by atoms with Gasteiger partial charge in [-0.3, -0.25) is 14.4 Å². The van der Waals surface area contributed by atoms with Crippen LogP contribution in [-0.4, -0.2) is 31.9 Å². The van der Waals surface area contributed by atoms with Crippen LogP contribution in [0.5, 0.6) is 23.0 Å². The lowest BCUT2D eigenvalue weighted by molar-refractivity contribution is -0.143. The average molecular weight is 577 g/mol. The first-order valence-corrected chi connectivity index (χ1v) is 14.0. The molecule has 0 radical (unpaired) electrons. The summed E-state index contributed by atoms with van der Waals surface area (Å²) >= 11 is 0. The Balaban J connectivity index is 2.70. The predicted octanol–water partition coefficient (Wildman–Crippen LogP) is 7.74. The summed E-state index contributed by atoms with van der Waals surface area (Å²) < 4.78 is 23.2. The number of rotatable bonds is 11. The van der Waals surface area contributed by atoms with Crippen LogP contribution in [0.4, 0.5) is 0 Å². The van der Waals surface area contributed by atoms with E-state index in [1.54, 1.807) is 79.0 Å². The smallest absolute Gasteiger partial charge is 0.316 e. The van der Waals surface area contributed by atoms with Crippen molar-refractivity contribution in [1.82, 2.24) is 0 Å². The van der Waals surface area contributed by atoms with Crippen molar-refractivity contribution < 1.29 is 33.3 Å². The number of benzene rings is 2. The number of ketones is 1. The largest absolute Gasteiger partial charge is 0.496 e. The first-order valence-electron chi connectivity index (χ1n) is 14.0. The average Bonchev–Trinajstić information content (AvgIpc) is 2.93. The number of allylic oxidation sites excluding steroid dienone is 5. The second-order valence-electron chi connectivity index (χ2n) is 11.8. The second-order valence-corrected chi connectivity index (χ2v) is 11.8. The summed E-state index contributed by atoms with van der Waals surface area (Å²) in [6, 6.07) is 6.36. The Morgan fingerprint density at radius 3 is 1.62 bits per heavy atom. The summed E-state index contributed by atoms with van der Waals surface area (Å²) in [5.74, 6) is 0.539. The van der Waals surface area contributed by atoms with E-state index in [9.17, 15) is 14.4 Å². The Labute approximate surface area is 250 Å². The van der Waals surface area contributed by atoms with E-state index >= 15 is 0 Å². The van der Waals surface area contributed by atoms with E-state index < -0.39 is 16.8 Å². The van der Waals surface area contributed by atoms with E-state index in [4.69, 9.17) is 18.9 Å². The molecule has 0 aliphatic heterocycles. The van der Waals surface area contributed by atoms with Crippen molar-refractivity contribution in [2.75, 3.05) is 14.2 Å². The molecular weight excluding hydrogens is 532 g/mol. The number of hydrogen-bond acceptors (Lipinski definition) is 7. The zero-order valence-corrected chi connectivity index (χ0v) is 26.5. The number of methoxy groups -OCH3 is 2. The van der Waals surface area contributed by atoms with Crippen LogP contribution in [0, 0.1) is 10.8 Å². The lowest BCUT2D eigenvalue weighted by Crippen LogP contribution is -2.26. The molecule has 0 aliphatic rings. The van der Waals surface area contributed by atoms with Gasteiger partial charge in [-0.25, -0.2) is 0 Å². The fourth-order valence-electron chi connectivity index (χ4n) is 3.85. The van der Waals surface area contributed by atoms with E-state index in [0.29, 0.717) is 46.8 Å². The van der Waals surface area contributed by atoms with Crippen LogP contribution in [-0.2, 0) is 22.4 Å². The maximum atomic E-state index is 13.3. The van der Waals surface area contributed by atoms with Crippen molar-refractivity contribution in [2.24, 2.45) is 10.8 Å². The lowest BCUT2D eigenvalue weighted by atomic mass is 9.94. The zero-order chi connectivity index (χ0) is 31.7. The summed E-state index contributed by atoms with van der Waals surface area (Å²) in [7, 11) is 3.11. The van der Waals surface area contributed by atoms with Crippen molar-refractivity contribution in [3.8, 4) is 23.0 Å². The summed E-state index contributed by atoms with van der Waals surface area (Å²) in [5, 5.41) is 0. The quantitative estimate of drug-likeness (QED) is 0.0889. The molecule has 2 aromatic rings. The number of esters is 2. The topological polar surface area (TPSA) is 88.1 Å². The van der Waals surface area contributed by atoms with Gasteiger partial charge < -0.3 is 18.9 Å². The number of carbonyl (C=O) groups excluding carboxylic acids is 3. The van der Waals surface area contributed by atoms with Gasteiger partial charge >= 0.3 is 11.9 Å². The summed E-state index contributed by atoms with van der Waals surface area (Å²) in [4.78, 5) is 38.6. The SMILES string of the molecule is CC=CCc1c(OC)c(C=CC(=O)c2ccc(OC(=O)C(C)(C)C)cc2)c(OC(=O)C(C)(C)C)c(CC=CC)c1OC. The van der Waals surface area contributed by atoms with Crippen LogP contribution < -0.4 is 18.9 Å². The molecule has 0 aromatic heterocycles. The van der Waals surface area contributed by atoms with Gasteiger partial charge in [0, 0.05) is 16.7 Å². The van der Waals surface area contributed by atoms with E-state index in [-0.39, 0.29) is 17.5 Å². The molecule has 0 heterocycles. The Bertz CT molecular complexity index is 1360. The van der Waals surface area contributed by atoms with Gasteiger partial charge in [-0.1, -0.05) is 24.3 Å². The molecule has 0 bridgehead atoms. The molecule has 0 amide bonds. The van der Waals surface area contributed by atoms with Gasteiger partial charge in [0.1, 0.15) is 23.0 Å². The molecule has 0 N–H and O–H groups in total. The molecule has 0 aliphatic carbocycles. The third-order valence-electron chi connectivity index (χ3n) is 6.28. The summed E-state index contributed by atoms with van der Waals surface area (Å²) in [5.41, 5.74) is 0.859. The zero-order valence-electron chi connectivity index (χ0n) is 26.5. The van der Waals surface area contributed by atoms with Crippen LogP contribution in [0.25, 0.3) is 6.08 Å². The third kappa shape index (κ3) is 8.68. The highest BCUT2D eigenvalue weighted by Crippen LogP contribution is 2.46. The molecule has 0 atom stereocenters. The molecule has 7 heteroatoms. The molecule has 0 fully saturated rings. The van der Waals surface area contributed by atoms with Gasteiger partial charge in [-0.2, -0.15) is 0 Å². The Morgan fingerprint density at radius 2 is 1.17 bits per heavy atom. The maximum absolute atomic E-state index is 13.3. The Hall–Kier alpha value is -4.13. The van der Waals surface area contributed by atoms with E-state index in [1.165, 1.54) is 13.2 Å². The fourth-order valence-corrected chi connectivity index (χ4v) is 3.85. The highest BCUT2D eigenvalue weighted by Gasteiger charge is 2.30. The molecule has 226 valence electrons. The van der Waals surface area contributed by atoms with Crippen LogP contribution in [0.3, 0.4) is 0 Å². The fraction of sp³-hybridized carbons (Fsp3) is 0.400. The van der Waals surface area contributed by atoms with Gasteiger partial charge in [0.25, 0.3) is 0 Å². The van der Waals surface area contributed by atoms with Gasteiger partial charge in [0.05, 0.1) is 30.6 Å². The van der Waals surface area contributed by atoms with Crippen molar-refractivity contribution in [2.45, 2.75) is 68.2 Å². The normalized spacial score (nSPS) is 12.2. The van der Waals surface area contributed by atoms with Crippen LogP contribution in [0.1, 0.15) is 82.4 Å². The maximum Gasteiger partial charge on any atom is 0.316 e. The monoisotopic (exact) mass is 576 g/mol. The summed E-state index contributed by atoms with van der Waals surface area (Å²) in [6.45, 7) is 14.5. The minimum Gasteiger partial charge on any atom is -0.496 e. The lowest BCUT2D eigenvalue weighted by Gasteiger charge is -2.24. The van der Waals surface area contributed by atoms with Crippen molar-refractivity contribution >= 4 is 23.8 Å². The van der Waals surface area contributed by atoms with Crippen LogP contribution >= 0.6 is 0 Å². The molecule has 0 spiro atoms. The van der Waals surface area contributed by atoms with Crippen molar-refractivity contribution in [3.63, 3.8) is 0 Å². The minimum atomic E-state index is -0.781.